The van der Waals surface area contributed by atoms with Crippen LogP contribution in [0.25, 0.3) is 11.4 Å². The summed E-state index contributed by atoms with van der Waals surface area (Å²) in [6.07, 6.45) is 0. The van der Waals surface area contributed by atoms with Crippen molar-refractivity contribution in [1.29, 1.82) is 5.26 Å². The van der Waals surface area contributed by atoms with Gasteiger partial charge in [-0.2, -0.15) is 5.26 Å². The van der Waals surface area contributed by atoms with Gasteiger partial charge in [-0.15, -0.1) is 21.5 Å². The number of amides is 1. The number of rotatable bonds is 5. The van der Waals surface area contributed by atoms with E-state index in [9.17, 15) is 4.79 Å². The standard InChI is InChI=1S/C15H11ClN6OS2/c16-11-3-1-9(2-4-11)13-20-21-15(22(13)18)25-8-12(23)19-14-10(7-17)5-6-24-14/h1-6H,8,18H2,(H,19,23). The van der Waals surface area contributed by atoms with Gasteiger partial charge in [0.25, 0.3) is 0 Å². The van der Waals surface area contributed by atoms with Gasteiger partial charge in [0.2, 0.25) is 11.1 Å². The number of thioether (sulfide) groups is 1. The molecule has 0 spiro atoms. The minimum atomic E-state index is -0.250. The molecule has 3 rings (SSSR count). The van der Waals surface area contributed by atoms with E-state index in [1.807, 2.05) is 6.07 Å². The van der Waals surface area contributed by atoms with Gasteiger partial charge in [-0.05, 0) is 35.7 Å². The van der Waals surface area contributed by atoms with Gasteiger partial charge in [-0.1, -0.05) is 23.4 Å². The molecule has 0 unspecified atom stereocenters. The number of hydrogen-bond acceptors (Lipinski definition) is 7. The van der Waals surface area contributed by atoms with Crippen LogP contribution in [0.2, 0.25) is 5.02 Å². The molecule has 3 aromatic rings. The number of nitrogens with one attached hydrogen (secondary N) is 1. The smallest absolute Gasteiger partial charge is 0.235 e. The number of nitriles is 1. The topological polar surface area (TPSA) is 110 Å². The molecule has 1 aromatic carbocycles. The minimum Gasteiger partial charge on any atom is -0.335 e. The van der Waals surface area contributed by atoms with Gasteiger partial charge in [0.05, 0.1) is 11.3 Å². The number of aromatic nitrogens is 3. The van der Waals surface area contributed by atoms with Gasteiger partial charge in [-0.25, -0.2) is 4.68 Å². The van der Waals surface area contributed by atoms with E-state index in [1.165, 1.54) is 16.0 Å². The van der Waals surface area contributed by atoms with Gasteiger partial charge in [0.15, 0.2) is 5.82 Å². The van der Waals surface area contributed by atoms with Crippen LogP contribution in [0.4, 0.5) is 5.00 Å². The highest BCUT2D eigenvalue weighted by Gasteiger charge is 2.15. The molecule has 0 radical (unpaired) electrons. The molecule has 10 heteroatoms. The quantitative estimate of drug-likeness (QED) is 0.512. The zero-order valence-electron chi connectivity index (χ0n) is 12.6. The second kappa shape index (κ2) is 7.57. The number of benzene rings is 1. The monoisotopic (exact) mass is 390 g/mol. The Morgan fingerprint density at radius 3 is 2.84 bits per heavy atom. The predicted octanol–water partition coefficient (Wildman–Crippen LogP) is 2.98. The van der Waals surface area contributed by atoms with Gasteiger partial charge in [0, 0.05) is 10.6 Å². The van der Waals surface area contributed by atoms with E-state index in [4.69, 9.17) is 22.7 Å². The lowest BCUT2D eigenvalue weighted by molar-refractivity contribution is -0.113. The first-order valence-corrected chi connectivity index (χ1v) is 9.19. The summed E-state index contributed by atoms with van der Waals surface area (Å²) in [5, 5.41) is 23.0. The first kappa shape index (κ1) is 17.3. The maximum atomic E-state index is 12.0. The highest BCUT2D eigenvalue weighted by molar-refractivity contribution is 7.99. The molecule has 2 heterocycles. The first-order chi connectivity index (χ1) is 12.1. The number of carbonyl (C=O) groups is 1. The lowest BCUT2D eigenvalue weighted by Crippen LogP contribution is -2.16. The van der Waals surface area contributed by atoms with Crippen LogP contribution in [0.3, 0.4) is 0 Å². The molecule has 0 saturated heterocycles. The average Bonchev–Trinajstić information content (AvgIpc) is 3.20. The Morgan fingerprint density at radius 2 is 2.12 bits per heavy atom. The molecule has 0 atom stereocenters. The summed E-state index contributed by atoms with van der Waals surface area (Å²) in [5.41, 5.74) is 1.21. The van der Waals surface area contributed by atoms with Crippen molar-refractivity contribution in [2.45, 2.75) is 5.16 Å². The summed E-state index contributed by atoms with van der Waals surface area (Å²) in [6, 6.07) is 10.7. The Hall–Kier alpha value is -2.54. The van der Waals surface area contributed by atoms with Crippen LogP contribution < -0.4 is 11.2 Å². The van der Waals surface area contributed by atoms with E-state index >= 15 is 0 Å². The van der Waals surface area contributed by atoms with Crippen molar-refractivity contribution >= 4 is 45.6 Å². The zero-order valence-corrected chi connectivity index (χ0v) is 15.0. The summed E-state index contributed by atoms with van der Waals surface area (Å²) in [4.78, 5) is 12.0. The molecule has 126 valence electrons. The molecule has 2 aromatic heterocycles. The molecule has 0 bridgehead atoms. The van der Waals surface area contributed by atoms with Crippen LogP contribution in [-0.2, 0) is 4.79 Å². The molecule has 3 N–H and O–H groups in total. The van der Waals surface area contributed by atoms with Crippen molar-refractivity contribution in [3.63, 3.8) is 0 Å². The highest BCUT2D eigenvalue weighted by Crippen LogP contribution is 2.25. The van der Waals surface area contributed by atoms with Crippen molar-refractivity contribution in [2.75, 3.05) is 16.9 Å². The summed E-state index contributed by atoms with van der Waals surface area (Å²) in [7, 11) is 0. The van der Waals surface area contributed by atoms with E-state index in [0.717, 1.165) is 17.3 Å². The van der Waals surface area contributed by atoms with Crippen molar-refractivity contribution < 1.29 is 4.79 Å². The number of nitrogens with two attached hydrogens (primary N) is 1. The Morgan fingerprint density at radius 1 is 1.36 bits per heavy atom. The summed E-state index contributed by atoms with van der Waals surface area (Å²) >= 11 is 8.32. The molecule has 0 aliphatic heterocycles. The first-order valence-electron chi connectivity index (χ1n) is 6.95. The Kier molecular flexibility index (Phi) is 5.23. The fourth-order valence-electron chi connectivity index (χ4n) is 1.96. The molecule has 0 saturated carbocycles. The molecule has 0 fully saturated rings. The zero-order chi connectivity index (χ0) is 17.8. The van der Waals surface area contributed by atoms with Crippen LogP contribution in [0.15, 0.2) is 40.9 Å². The number of nitrogen functional groups attached to an aromatic ring is 1. The second-order valence-electron chi connectivity index (χ2n) is 4.80. The van der Waals surface area contributed by atoms with Crippen molar-refractivity contribution in [3.8, 4) is 17.5 Å². The van der Waals surface area contributed by atoms with Crippen LogP contribution in [0, 0.1) is 11.3 Å². The summed E-state index contributed by atoms with van der Waals surface area (Å²) < 4.78 is 1.33. The van der Waals surface area contributed by atoms with Crippen LogP contribution in [0.1, 0.15) is 5.56 Å². The van der Waals surface area contributed by atoms with Crippen molar-refractivity contribution in [3.05, 3.63) is 46.3 Å². The highest BCUT2D eigenvalue weighted by atomic mass is 35.5. The van der Waals surface area contributed by atoms with Gasteiger partial charge >= 0.3 is 0 Å². The maximum Gasteiger partial charge on any atom is 0.235 e. The Labute approximate surface area is 156 Å². The molecule has 0 aliphatic carbocycles. The number of anilines is 1. The third-order valence-electron chi connectivity index (χ3n) is 3.14. The number of nitrogens with zero attached hydrogens (tertiary/aromatic N) is 4. The lowest BCUT2D eigenvalue weighted by Gasteiger charge is -2.04. The molecular formula is C15H11ClN6OS2. The van der Waals surface area contributed by atoms with E-state index < -0.39 is 0 Å². The van der Waals surface area contributed by atoms with Crippen molar-refractivity contribution in [1.82, 2.24) is 14.9 Å². The van der Waals surface area contributed by atoms with E-state index in [2.05, 4.69) is 15.5 Å². The van der Waals surface area contributed by atoms with Gasteiger partial charge in [-0.3, -0.25) is 4.79 Å². The Balaban J connectivity index is 1.65. The fraction of sp³-hybridized carbons (Fsp3) is 0.0667. The minimum absolute atomic E-state index is 0.0960. The Bertz CT molecular complexity index is 944. The number of hydrogen-bond donors (Lipinski definition) is 2. The second-order valence-corrected chi connectivity index (χ2v) is 7.09. The number of thiophene rings is 1. The number of halogens is 1. The summed E-state index contributed by atoms with van der Waals surface area (Å²) in [6.45, 7) is 0. The summed E-state index contributed by atoms with van der Waals surface area (Å²) in [5.74, 6) is 6.33. The third-order valence-corrected chi connectivity index (χ3v) is 5.16. The maximum absolute atomic E-state index is 12.0. The lowest BCUT2D eigenvalue weighted by atomic mass is 10.2. The molecule has 7 nitrogen and oxygen atoms in total. The largest absolute Gasteiger partial charge is 0.335 e. The van der Waals surface area contributed by atoms with Crippen LogP contribution in [0.5, 0.6) is 0 Å². The molecule has 0 aliphatic rings. The normalized spacial score (nSPS) is 10.4. The van der Waals surface area contributed by atoms with Gasteiger partial charge < -0.3 is 11.2 Å². The van der Waals surface area contributed by atoms with Gasteiger partial charge in [0.1, 0.15) is 11.1 Å². The van der Waals surface area contributed by atoms with E-state index in [1.54, 1.807) is 35.7 Å². The molecular weight excluding hydrogens is 380 g/mol. The van der Waals surface area contributed by atoms with Crippen LogP contribution in [-0.4, -0.2) is 26.5 Å². The molecule has 25 heavy (non-hydrogen) atoms. The van der Waals surface area contributed by atoms with Crippen molar-refractivity contribution in [2.24, 2.45) is 0 Å². The van der Waals surface area contributed by atoms with Crippen LogP contribution >= 0.6 is 34.7 Å². The average molecular weight is 391 g/mol. The molecule has 1 amide bonds. The van der Waals surface area contributed by atoms with E-state index in [-0.39, 0.29) is 11.7 Å². The predicted molar refractivity (Wildman–Crippen MR) is 99.0 cm³/mol. The third kappa shape index (κ3) is 3.93. The fourth-order valence-corrected chi connectivity index (χ4v) is 3.49. The number of carbonyl (C=O) groups excluding carboxylic acids is 1. The SMILES string of the molecule is N#Cc1ccsc1NC(=O)CSc1nnc(-c2ccc(Cl)cc2)n1N. The van der Waals surface area contributed by atoms with E-state index in [0.29, 0.717) is 26.6 Å².